The van der Waals surface area contributed by atoms with E-state index in [9.17, 15) is 14.4 Å². The van der Waals surface area contributed by atoms with Crippen LogP contribution in [-0.4, -0.2) is 63.7 Å². The molecule has 0 spiro atoms. The van der Waals surface area contributed by atoms with E-state index < -0.39 is 12.1 Å². The summed E-state index contributed by atoms with van der Waals surface area (Å²) >= 11 is 1.44. The summed E-state index contributed by atoms with van der Waals surface area (Å²) in [5.74, 6) is -0.839. The smallest absolute Gasteiger partial charge is 0.332 e. The lowest BCUT2D eigenvalue weighted by molar-refractivity contribution is -0.147. The molecule has 1 rings (SSSR count). The SMILES string of the molecule is O=C(CN1CSCC1=O)NCCC(O)C(=O)O. The highest BCUT2D eigenvalue weighted by Crippen LogP contribution is 2.13. The van der Waals surface area contributed by atoms with Gasteiger partial charge in [0.05, 0.1) is 11.6 Å². The molecule has 2 amide bonds. The number of carbonyl (C=O) groups is 3. The molecule has 1 heterocycles. The van der Waals surface area contributed by atoms with Crippen molar-refractivity contribution in [2.24, 2.45) is 0 Å². The number of carbonyl (C=O) groups excluding carboxylic acids is 2. The van der Waals surface area contributed by atoms with Crippen molar-refractivity contribution in [3.63, 3.8) is 0 Å². The third-order valence-corrected chi connectivity index (χ3v) is 3.13. The monoisotopic (exact) mass is 262 g/mol. The van der Waals surface area contributed by atoms with Gasteiger partial charge in [0.25, 0.3) is 0 Å². The maximum absolute atomic E-state index is 11.4. The predicted molar refractivity (Wildman–Crippen MR) is 60.3 cm³/mol. The van der Waals surface area contributed by atoms with Crippen molar-refractivity contribution in [3.8, 4) is 0 Å². The number of nitrogens with zero attached hydrogens (tertiary/aromatic N) is 1. The van der Waals surface area contributed by atoms with E-state index in [1.807, 2.05) is 0 Å². The second kappa shape index (κ2) is 6.45. The van der Waals surface area contributed by atoms with Crippen LogP contribution in [0.2, 0.25) is 0 Å². The van der Waals surface area contributed by atoms with Gasteiger partial charge in [0, 0.05) is 13.0 Å². The number of nitrogens with one attached hydrogen (secondary N) is 1. The normalized spacial score (nSPS) is 17.0. The Bertz CT molecular complexity index is 323. The van der Waals surface area contributed by atoms with Gasteiger partial charge in [-0.3, -0.25) is 9.59 Å². The molecule has 3 N–H and O–H groups in total. The first-order valence-electron chi connectivity index (χ1n) is 5.04. The standard InChI is InChI=1S/C9H14N2O5S/c12-6(9(15)16)1-2-10-7(13)3-11-5-17-4-8(11)14/h6,12H,1-5H2,(H,10,13)(H,15,16). The van der Waals surface area contributed by atoms with Crippen LogP contribution in [0.15, 0.2) is 0 Å². The van der Waals surface area contributed by atoms with Gasteiger partial charge in [0.15, 0.2) is 6.10 Å². The minimum atomic E-state index is -1.47. The highest BCUT2D eigenvalue weighted by atomic mass is 32.2. The fourth-order valence-corrected chi connectivity index (χ4v) is 2.15. The fourth-order valence-electron chi connectivity index (χ4n) is 1.24. The second-order valence-corrected chi connectivity index (χ2v) is 4.52. The summed E-state index contributed by atoms with van der Waals surface area (Å²) in [6.45, 7) is 0.0521. The molecule has 96 valence electrons. The molecule has 1 fully saturated rings. The number of hydrogen-bond donors (Lipinski definition) is 3. The summed E-state index contributed by atoms with van der Waals surface area (Å²) in [6, 6.07) is 0. The van der Waals surface area contributed by atoms with Crippen LogP contribution in [0.25, 0.3) is 0 Å². The van der Waals surface area contributed by atoms with E-state index in [0.29, 0.717) is 11.6 Å². The average Bonchev–Trinajstić information content (AvgIpc) is 2.64. The van der Waals surface area contributed by atoms with Gasteiger partial charge in [-0.2, -0.15) is 0 Å². The molecule has 8 heteroatoms. The topological polar surface area (TPSA) is 107 Å². The Balaban J connectivity index is 2.17. The van der Waals surface area contributed by atoms with Gasteiger partial charge in [-0.25, -0.2) is 4.79 Å². The van der Waals surface area contributed by atoms with Crippen LogP contribution in [0.1, 0.15) is 6.42 Å². The second-order valence-electron chi connectivity index (χ2n) is 3.56. The first-order chi connectivity index (χ1) is 8.00. The van der Waals surface area contributed by atoms with Crippen LogP contribution < -0.4 is 5.32 Å². The minimum Gasteiger partial charge on any atom is -0.479 e. The molecule has 1 saturated heterocycles. The summed E-state index contributed by atoms with van der Waals surface area (Å²) < 4.78 is 0. The number of thioether (sulfide) groups is 1. The number of rotatable bonds is 6. The molecule has 0 aromatic carbocycles. The maximum Gasteiger partial charge on any atom is 0.332 e. The summed E-state index contributed by atoms with van der Waals surface area (Å²) in [6.07, 6.45) is -1.52. The Labute approximate surface area is 102 Å². The Morgan fingerprint density at radius 1 is 1.53 bits per heavy atom. The summed E-state index contributed by atoms with van der Waals surface area (Å²) in [5.41, 5.74) is 0. The van der Waals surface area contributed by atoms with Crippen molar-refractivity contribution < 1.29 is 24.6 Å². The predicted octanol–water partition coefficient (Wildman–Crippen LogP) is -1.53. The summed E-state index contributed by atoms with van der Waals surface area (Å²) in [7, 11) is 0. The number of aliphatic hydroxyl groups excluding tert-OH is 1. The van der Waals surface area contributed by atoms with E-state index in [1.165, 1.54) is 16.7 Å². The largest absolute Gasteiger partial charge is 0.479 e. The number of hydrogen-bond acceptors (Lipinski definition) is 5. The van der Waals surface area contributed by atoms with E-state index in [0.717, 1.165) is 0 Å². The molecule has 17 heavy (non-hydrogen) atoms. The van der Waals surface area contributed by atoms with Crippen LogP contribution in [0.5, 0.6) is 0 Å². The highest BCUT2D eigenvalue weighted by Gasteiger charge is 2.22. The average molecular weight is 262 g/mol. The van der Waals surface area contributed by atoms with Crippen LogP contribution in [0, 0.1) is 0 Å². The van der Waals surface area contributed by atoms with Crippen LogP contribution in [0.3, 0.4) is 0 Å². The van der Waals surface area contributed by atoms with Crippen LogP contribution in [-0.2, 0) is 14.4 Å². The molecule has 1 atom stereocenters. The van der Waals surface area contributed by atoms with Gasteiger partial charge in [-0.05, 0) is 0 Å². The van der Waals surface area contributed by atoms with Gasteiger partial charge in [-0.15, -0.1) is 11.8 Å². The van der Waals surface area contributed by atoms with E-state index >= 15 is 0 Å². The molecule has 1 aliphatic heterocycles. The zero-order valence-electron chi connectivity index (χ0n) is 9.09. The molecular formula is C9H14N2O5S. The number of amides is 2. The lowest BCUT2D eigenvalue weighted by atomic mass is 10.2. The van der Waals surface area contributed by atoms with Crippen molar-refractivity contribution in [2.75, 3.05) is 24.7 Å². The van der Waals surface area contributed by atoms with E-state index in [2.05, 4.69) is 5.32 Å². The van der Waals surface area contributed by atoms with Gasteiger partial charge in [-0.1, -0.05) is 0 Å². The molecular weight excluding hydrogens is 248 g/mol. The first-order valence-corrected chi connectivity index (χ1v) is 6.19. The zero-order valence-corrected chi connectivity index (χ0v) is 9.90. The van der Waals surface area contributed by atoms with Gasteiger partial charge in [0.2, 0.25) is 11.8 Å². The molecule has 1 aliphatic rings. The maximum atomic E-state index is 11.4. The summed E-state index contributed by atoms with van der Waals surface area (Å²) in [5, 5.41) is 19.8. The zero-order chi connectivity index (χ0) is 12.8. The minimum absolute atomic E-state index is 0.0188. The van der Waals surface area contributed by atoms with Gasteiger partial charge < -0.3 is 20.4 Å². The first kappa shape index (κ1) is 13.8. The van der Waals surface area contributed by atoms with Crippen LogP contribution in [0.4, 0.5) is 0 Å². The Morgan fingerprint density at radius 3 is 2.76 bits per heavy atom. The Kier molecular flexibility index (Phi) is 5.23. The van der Waals surface area contributed by atoms with Gasteiger partial charge in [0.1, 0.15) is 6.54 Å². The number of carboxylic acid groups (broad SMARTS) is 1. The molecule has 0 radical (unpaired) electrons. The molecule has 0 aromatic rings. The molecule has 1 unspecified atom stereocenters. The van der Waals surface area contributed by atoms with E-state index in [1.54, 1.807) is 0 Å². The quantitative estimate of drug-likeness (QED) is 0.536. The number of carboxylic acids is 1. The molecule has 0 saturated carbocycles. The van der Waals surface area contributed by atoms with Gasteiger partial charge >= 0.3 is 5.97 Å². The lowest BCUT2D eigenvalue weighted by Gasteiger charge is -2.14. The summed E-state index contributed by atoms with van der Waals surface area (Å²) in [4.78, 5) is 34.2. The number of aliphatic carboxylic acids is 1. The third kappa shape index (κ3) is 4.61. The van der Waals surface area contributed by atoms with Crippen molar-refractivity contribution >= 4 is 29.5 Å². The molecule has 0 aromatic heterocycles. The van der Waals surface area contributed by atoms with Crippen molar-refractivity contribution in [3.05, 3.63) is 0 Å². The number of aliphatic hydroxyl groups is 1. The Morgan fingerprint density at radius 2 is 2.24 bits per heavy atom. The fraction of sp³-hybridized carbons (Fsp3) is 0.667. The third-order valence-electron chi connectivity index (χ3n) is 2.18. The van der Waals surface area contributed by atoms with Crippen molar-refractivity contribution in [1.29, 1.82) is 0 Å². The Hall–Kier alpha value is -1.28. The molecule has 0 bridgehead atoms. The lowest BCUT2D eigenvalue weighted by Crippen LogP contribution is -2.39. The molecule has 7 nitrogen and oxygen atoms in total. The van der Waals surface area contributed by atoms with Crippen molar-refractivity contribution in [2.45, 2.75) is 12.5 Å². The highest BCUT2D eigenvalue weighted by molar-refractivity contribution is 8.00. The van der Waals surface area contributed by atoms with Crippen LogP contribution >= 0.6 is 11.8 Å². The molecule has 0 aliphatic carbocycles. The van der Waals surface area contributed by atoms with Crippen molar-refractivity contribution in [1.82, 2.24) is 10.2 Å². The van der Waals surface area contributed by atoms with E-state index in [4.69, 9.17) is 10.2 Å². The van der Waals surface area contributed by atoms with E-state index in [-0.39, 0.29) is 31.3 Å².